The Morgan fingerprint density at radius 2 is 0.227 bits per heavy atom. The Bertz CT molecular complexity index is 1370. The smallest absolute Gasteiger partial charge is 0.0206 e. The molecule has 0 heterocycles. The van der Waals surface area contributed by atoms with Crippen molar-refractivity contribution < 1.29 is 0 Å². The molecule has 0 nitrogen and oxygen atoms in total. The van der Waals surface area contributed by atoms with E-state index in [1.165, 1.54) is 396 Å². The second-order valence-corrected chi connectivity index (χ2v) is 70.8. The Morgan fingerprint density at radius 3 is 0.318 bits per heavy atom. The first-order valence-corrected chi connectivity index (χ1v) is 76.9. The first kappa shape index (κ1) is 119. The van der Waals surface area contributed by atoms with Crippen molar-refractivity contribution in [3.63, 3.8) is 0 Å². The second-order valence-electron chi connectivity index (χ2n) is 35.6. The van der Waals surface area contributed by atoms with Gasteiger partial charge in [-0.1, -0.05) is 12.1 Å². The molecule has 110 heavy (non-hydrogen) atoms. The molecule has 6 heteroatoms. The Kier molecular flexibility index (Phi) is 117. The number of thiol groups is 2. The van der Waals surface area contributed by atoms with Crippen molar-refractivity contribution in [1.82, 2.24) is 0 Å². The molecule has 0 unspecified atom stereocenters. The first-order chi connectivity index (χ1) is 54.0. The molecule has 0 aliphatic rings. The minimum atomic E-state index is -1.02. The number of hydrogen-bond acceptors (Lipinski definition) is 2. The van der Waals surface area contributed by atoms with Crippen LogP contribution in [0.5, 0.6) is 0 Å². The van der Waals surface area contributed by atoms with Crippen LogP contribution in [-0.4, -0.2) is 79.0 Å². The second kappa shape index (κ2) is 108. The van der Waals surface area contributed by atoms with Crippen molar-refractivity contribution >= 4 is 104 Å². The zero-order chi connectivity index (χ0) is 81.4. The molecule has 1 aromatic carbocycles. The van der Waals surface area contributed by atoms with Gasteiger partial charge in [-0.2, -0.15) is 0 Å². The van der Waals surface area contributed by atoms with Gasteiger partial charge in [0, 0.05) is 9.79 Å². The van der Waals surface area contributed by atoms with Gasteiger partial charge in [0.25, 0.3) is 0 Å². The van der Waals surface area contributed by atoms with E-state index in [0.29, 0.717) is 0 Å². The molecule has 658 valence electrons. The molecule has 0 aliphatic heterocycles. The van der Waals surface area contributed by atoms with E-state index >= 15 is 0 Å². The van der Waals surface area contributed by atoms with Crippen molar-refractivity contribution in [1.29, 1.82) is 0 Å². The largest absolute Gasteiger partial charge is 0.142 e. The van der Waals surface area contributed by atoms with Crippen molar-refractivity contribution in [3.05, 3.63) is 23.3 Å². The van der Waals surface area contributed by atoms with Crippen LogP contribution in [0.3, 0.4) is 0 Å². The number of rotatable bonds is 84. The third-order valence-electron chi connectivity index (χ3n) is 24.2. The number of unbranched alkanes of at least 4 members (excludes halogenated alkanes) is 60. The van der Waals surface area contributed by atoms with Gasteiger partial charge in [-0.05, 0) is 25.0 Å². The summed E-state index contributed by atoms with van der Waals surface area (Å²) in [4.78, 5) is 1.98. The predicted octanol–water partition coefficient (Wildman–Crippen LogP) is 41.1. The Balaban J connectivity index is -0.000000652. The molecule has 0 saturated carbocycles. The summed E-state index contributed by atoms with van der Waals surface area (Å²) in [5, 5.41) is 0. The zero-order valence-corrected chi connectivity index (χ0v) is 92.7. The standard InChI is InChI=1S/C8H10S2.12C8H17.4Sn/c1-5-3-4-6(2)8(10)7(5)9;12*1-3-5-7-8-6-4-2;;;;/h3-4,9-10H,1-2H3;12*1,3-8H2,2H3;;;;. The maximum atomic E-state index is 4.30. The molecule has 0 saturated heterocycles. The van der Waals surface area contributed by atoms with Gasteiger partial charge in [0.05, 0.1) is 0 Å². The molecular weight excluding hydrogens is 1790 g/mol. The van der Waals surface area contributed by atoms with Gasteiger partial charge in [0.15, 0.2) is 0 Å². The van der Waals surface area contributed by atoms with Gasteiger partial charge in [-0.3, -0.25) is 0 Å². The third kappa shape index (κ3) is 99.9. The van der Waals surface area contributed by atoms with Gasteiger partial charge in [-0.15, -0.1) is 25.3 Å². The van der Waals surface area contributed by atoms with Crippen LogP contribution in [0.15, 0.2) is 21.9 Å². The van der Waals surface area contributed by atoms with E-state index in [1.807, 2.05) is 13.8 Å². The number of benzene rings is 1. The summed E-state index contributed by atoms with van der Waals surface area (Å²) >= 11 is 4.55. The van der Waals surface area contributed by atoms with Crippen LogP contribution in [0.2, 0.25) is 53.2 Å². The third-order valence-corrected chi connectivity index (χ3v) is 61.8. The van der Waals surface area contributed by atoms with Gasteiger partial charge < -0.3 is 0 Å². The number of hydrogen-bond donors (Lipinski definition) is 2. The summed E-state index contributed by atoms with van der Waals surface area (Å²) in [6.45, 7) is 32.0. The monoisotopic (exact) mass is 2010 g/mol. The molecule has 0 N–H and O–H groups in total. The van der Waals surface area contributed by atoms with Gasteiger partial charge in [0.1, 0.15) is 0 Å². The van der Waals surface area contributed by atoms with Crippen LogP contribution in [0, 0.1) is 13.8 Å². The maximum absolute atomic E-state index is 4.30. The fourth-order valence-corrected chi connectivity index (χ4v) is 50.9. The molecule has 0 aromatic heterocycles. The molecule has 0 spiro atoms. The summed E-state index contributed by atoms with van der Waals surface area (Å²) in [7, 11) is 0. The average molecular weight is 2000 g/mol. The van der Waals surface area contributed by atoms with Crippen LogP contribution < -0.4 is 0 Å². The SMILES string of the molecule is CCCCCCC[CH2][Sn]([CH2]CCCCCCC)[CH2]CCCCCCC.CCCCCCC[CH2][Sn]([CH2]CCCCCCC)[CH2]CCCCCCC.CCCCCCC[CH2][Sn]([CH2]CCCCCCC)[CH2]CCCCCCC.CCCCCCC[CH2][Sn]([CH2]CCCCCCC)[CH2]CCCCCCC.Cc1ccc(C)c(S)c1S. The van der Waals surface area contributed by atoms with Gasteiger partial charge >= 0.3 is 678 Å². The molecular formula is C104H214S2Sn4. The first-order valence-electron chi connectivity index (χ1n) is 51.8. The van der Waals surface area contributed by atoms with Crippen LogP contribution >= 0.6 is 25.3 Å². The molecule has 0 amide bonds. The summed E-state index contributed by atoms with van der Waals surface area (Å²) in [6.07, 6.45) is 108. The summed E-state index contributed by atoms with van der Waals surface area (Å²) in [5.74, 6) is 0. The quantitative estimate of drug-likeness (QED) is 0.0363. The maximum Gasteiger partial charge on any atom is 0.0206 e. The van der Waals surface area contributed by atoms with E-state index in [1.54, 1.807) is 130 Å². The van der Waals surface area contributed by atoms with Crippen LogP contribution in [0.25, 0.3) is 0 Å². The van der Waals surface area contributed by atoms with E-state index in [-0.39, 0.29) is 0 Å². The van der Waals surface area contributed by atoms with Crippen LogP contribution in [-0.2, 0) is 0 Å². The fraction of sp³-hybridized carbons (Fsp3) is 0.942. The van der Waals surface area contributed by atoms with Crippen molar-refractivity contribution in [2.45, 2.75) is 622 Å². The van der Waals surface area contributed by atoms with Gasteiger partial charge in [0.2, 0.25) is 0 Å². The molecule has 1 aromatic rings. The van der Waals surface area contributed by atoms with Crippen LogP contribution in [0.4, 0.5) is 0 Å². The van der Waals surface area contributed by atoms with Crippen molar-refractivity contribution in [3.8, 4) is 0 Å². The number of aryl methyl sites for hydroxylation is 2. The predicted molar refractivity (Wildman–Crippen MR) is 532 cm³/mol. The molecule has 0 fully saturated rings. The van der Waals surface area contributed by atoms with E-state index in [2.05, 4.69) is 120 Å². The van der Waals surface area contributed by atoms with Gasteiger partial charge in [-0.25, -0.2) is 0 Å². The van der Waals surface area contributed by atoms with E-state index in [4.69, 9.17) is 0 Å². The summed E-state index contributed by atoms with van der Waals surface area (Å²) in [6, 6.07) is 4.11. The average Bonchev–Trinajstić information content (AvgIpc) is 0.864. The minimum Gasteiger partial charge on any atom is -0.142 e. The summed E-state index contributed by atoms with van der Waals surface area (Å²) in [5.41, 5.74) is 2.36. The molecule has 0 bridgehead atoms. The zero-order valence-electron chi connectivity index (χ0n) is 79.4. The fourth-order valence-electron chi connectivity index (χ4n) is 16.1. The molecule has 0 atom stereocenters. The van der Waals surface area contributed by atoms with Crippen molar-refractivity contribution in [2.24, 2.45) is 0 Å². The van der Waals surface area contributed by atoms with E-state index < -0.39 is 79.0 Å². The minimum absolute atomic E-state index is 0.989. The van der Waals surface area contributed by atoms with Crippen LogP contribution in [0.1, 0.15) is 557 Å². The van der Waals surface area contributed by atoms with E-state index in [9.17, 15) is 0 Å². The molecule has 1 rings (SSSR count). The molecule has 4 radical (unpaired) electrons. The topological polar surface area (TPSA) is 0 Å². The normalized spacial score (nSPS) is 11.4. The summed E-state index contributed by atoms with van der Waals surface area (Å²) < 4.78 is 20.6. The van der Waals surface area contributed by atoms with E-state index in [0.717, 1.165) is 9.79 Å². The Morgan fingerprint density at radius 1 is 0.145 bits per heavy atom. The Labute approximate surface area is 741 Å². The van der Waals surface area contributed by atoms with Crippen molar-refractivity contribution in [2.75, 3.05) is 0 Å². The molecule has 0 aliphatic carbocycles. The Hall–Kier alpha value is 3.11.